The molecule has 0 radical (unpaired) electrons. The zero-order valence-corrected chi connectivity index (χ0v) is 10.6. The van der Waals surface area contributed by atoms with Crippen molar-refractivity contribution in [1.29, 1.82) is 0 Å². The van der Waals surface area contributed by atoms with Crippen molar-refractivity contribution in [3.8, 4) is 0 Å². The SMILES string of the molecule is Cn1cnnc1CNC(=O)[C@@H]1CC=CC[C@@H]1C(=O)O. The molecule has 2 N–H and O–H groups in total. The predicted octanol–water partition coefficient (Wildman–Crippen LogP) is 0.0983. The maximum atomic E-state index is 12.1. The van der Waals surface area contributed by atoms with Crippen molar-refractivity contribution in [3.63, 3.8) is 0 Å². The Hall–Kier alpha value is -2.18. The number of hydrogen-bond donors (Lipinski definition) is 2. The van der Waals surface area contributed by atoms with Crippen LogP contribution in [0.2, 0.25) is 0 Å². The van der Waals surface area contributed by atoms with Gasteiger partial charge in [-0.3, -0.25) is 9.59 Å². The highest BCUT2D eigenvalue weighted by Gasteiger charge is 2.33. The predicted molar refractivity (Wildman–Crippen MR) is 65.8 cm³/mol. The van der Waals surface area contributed by atoms with Crippen LogP contribution in [0.25, 0.3) is 0 Å². The third-order valence-electron chi connectivity index (χ3n) is 3.31. The quantitative estimate of drug-likeness (QED) is 0.752. The van der Waals surface area contributed by atoms with E-state index in [1.807, 2.05) is 12.2 Å². The Kier molecular flexibility index (Phi) is 3.94. The van der Waals surface area contributed by atoms with Gasteiger partial charge in [-0.25, -0.2) is 0 Å². The van der Waals surface area contributed by atoms with E-state index in [4.69, 9.17) is 5.11 Å². The van der Waals surface area contributed by atoms with Gasteiger partial charge in [0.2, 0.25) is 5.91 Å². The number of allylic oxidation sites excluding steroid dienone is 2. The Labute approximate surface area is 110 Å². The van der Waals surface area contributed by atoms with E-state index < -0.39 is 17.8 Å². The number of aromatic nitrogens is 3. The van der Waals surface area contributed by atoms with Crippen molar-refractivity contribution >= 4 is 11.9 Å². The number of nitrogens with one attached hydrogen (secondary N) is 1. The number of carbonyl (C=O) groups excluding carboxylic acids is 1. The lowest BCUT2D eigenvalue weighted by Gasteiger charge is -2.24. The normalized spacial score (nSPS) is 22.2. The molecule has 19 heavy (non-hydrogen) atoms. The third kappa shape index (κ3) is 2.98. The fourth-order valence-electron chi connectivity index (χ4n) is 2.14. The van der Waals surface area contributed by atoms with E-state index >= 15 is 0 Å². The zero-order chi connectivity index (χ0) is 13.8. The molecule has 7 heteroatoms. The molecule has 2 rings (SSSR count). The molecule has 0 saturated carbocycles. The highest BCUT2D eigenvalue weighted by Crippen LogP contribution is 2.26. The molecule has 1 aromatic heterocycles. The molecule has 102 valence electrons. The average molecular weight is 264 g/mol. The van der Waals surface area contributed by atoms with E-state index in [0.29, 0.717) is 18.7 Å². The fraction of sp³-hybridized carbons (Fsp3) is 0.500. The number of carboxylic acids is 1. The molecule has 2 atom stereocenters. The number of rotatable bonds is 4. The maximum absolute atomic E-state index is 12.1. The summed E-state index contributed by atoms with van der Waals surface area (Å²) in [6, 6.07) is 0. The molecule has 1 amide bonds. The minimum atomic E-state index is -0.928. The van der Waals surface area contributed by atoms with Crippen LogP contribution in [0.4, 0.5) is 0 Å². The van der Waals surface area contributed by atoms with E-state index in [-0.39, 0.29) is 12.5 Å². The first kappa shape index (κ1) is 13.3. The maximum Gasteiger partial charge on any atom is 0.307 e. The molecule has 7 nitrogen and oxygen atoms in total. The van der Waals surface area contributed by atoms with Crippen molar-refractivity contribution in [3.05, 3.63) is 24.3 Å². The van der Waals surface area contributed by atoms with Gasteiger partial charge in [0.15, 0.2) is 5.82 Å². The molecule has 1 aliphatic carbocycles. The summed E-state index contributed by atoms with van der Waals surface area (Å²) >= 11 is 0. The van der Waals surface area contributed by atoms with Crippen molar-refractivity contribution in [2.75, 3.05) is 0 Å². The molecule has 1 aliphatic rings. The minimum Gasteiger partial charge on any atom is -0.481 e. The van der Waals surface area contributed by atoms with Gasteiger partial charge in [0.25, 0.3) is 0 Å². The van der Waals surface area contributed by atoms with E-state index in [1.165, 1.54) is 0 Å². The summed E-state index contributed by atoms with van der Waals surface area (Å²) in [6.45, 7) is 0.252. The Bertz CT molecular complexity index is 509. The summed E-state index contributed by atoms with van der Waals surface area (Å²) in [4.78, 5) is 23.2. The van der Waals surface area contributed by atoms with Gasteiger partial charge in [-0.05, 0) is 12.8 Å². The van der Waals surface area contributed by atoms with Crippen LogP contribution in [-0.4, -0.2) is 31.7 Å². The third-order valence-corrected chi connectivity index (χ3v) is 3.31. The molecule has 0 unspecified atom stereocenters. The summed E-state index contributed by atoms with van der Waals surface area (Å²) in [7, 11) is 1.78. The topological polar surface area (TPSA) is 97.1 Å². The minimum absolute atomic E-state index is 0.250. The molecule has 1 heterocycles. The summed E-state index contributed by atoms with van der Waals surface area (Å²) in [6.07, 6.45) is 6.07. The molecule has 0 bridgehead atoms. The Morgan fingerprint density at radius 2 is 2.11 bits per heavy atom. The largest absolute Gasteiger partial charge is 0.481 e. The van der Waals surface area contributed by atoms with Gasteiger partial charge in [-0.15, -0.1) is 10.2 Å². The summed E-state index contributed by atoms with van der Waals surface area (Å²) in [5, 5.41) is 19.4. The molecule has 1 aromatic rings. The van der Waals surface area contributed by atoms with Crippen LogP contribution in [0.15, 0.2) is 18.5 Å². The molecule has 0 spiro atoms. The van der Waals surface area contributed by atoms with E-state index in [1.54, 1.807) is 17.9 Å². The van der Waals surface area contributed by atoms with Crippen LogP contribution >= 0.6 is 0 Å². The van der Waals surface area contributed by atoms with E-state index in [9.17, 15) is 9.59 Å². The Balaban J connectivity index is 1.97. The number of carbonyl (C=O) groups is 2. The average Bonchev–Trinajstić information content (AvgIpc) is 2.81. The molecular weight excluding hydrogens is 248 g/mol. The zero-order valence-electron chi connectivity index (χ0n) is 10.6. The van der Waals surface area contributed by atoms with Crippen LogP contribution in [0.1, 0.15) is 18.7 Å². The van der Waals surface area contributed by atoms with Crippen molar-refractivity contribution in [1.82, 2.24) is 20.1 Å². The molecule has 0 fully saturated rings. The monoisotopic (exact) mass is 264 g/mol. The van der Waals surface area contributed by atoms with Gasteiger partial charge >= 0.3 is 5.97 Å². The Morgan fingerprint density at radius 1 is 1.42 bits per heavy atom. The van der Waals surface area contributed by atoms with Crippen LogP contribution in [0.5, 0.6) is 0 Å². The number of hydrogen-bond acceptors (Lipinski definition) is 4. The lowest BCUT2D eigenvalue weighted by atomic mass is 9.82. The number of nitrogens with zero attached hydrogens (tertiary/aromatic N) is 3. The van der Waals surface area contributed by atoms with Crippen molar-refractivity contribution in [2.45, 2.75) is 19.4 Å². The second kappa shape index (κ2) is 5.64. The summed E-state index contributed by atoms with van der Waals surface area (Å²) < 4.78 is 1.70. The lowest BCUT2D eigenvalue weighted by molar-refractivity contribution is -0.147. The molecule has 0 aliphatic heterocycles. The van der Waals surface area contributed by atoms with Crippen LogP contribution in [0.3, 0.4) is 0 Å². The van der Waals surface area contributed by atoms with Gasteiger partial charge in [0.1, 0.15) is 6.33 Å². The first-order valence-electron chi connectivity index (χ1n) is 6.08. The van der Waals surface area contributed by atoms with E-state index in [0.717, 1.165) is 0 Å². The second-order valence-electron chi connectivity index (χ2n) is 4.57. The highest BCUT2D eigenvalue weighted by atomic mass is 16.4. The highest BCUT2D eigenvalue weighted by molar-refractivity contribution is 5.85. The van der Waals surface area contributed by atoms with Crippen molar-refractivity contribution in [2.24, 2.45) is 18.9 Å². The fourth-order valence-corrected chi connectivity index (χ4v) is 2.14. The second-order valence-corrected chi connectivity index (χ2v) is 4.57. The van der Waals surface area contributed by atoms with Crippen LogP contribution in [-0.2, 0) is 23.2 Å². The van der Waals surface area contributed by atoms with Gasteiger partial charge in [0, 0.05) is 7.05 Å². The number of aliphatic carboxylic acids is 1. The standard InChI is InChI=1S/C12H16N4O3/c1-16-7-14-15-10(16)6-13-11(17)8-4-2-3-5-9(8)12(18)19/h2-3,7-9H,4-6H2,1H3,(H,13,17)(H,18,19)/t8-,9+/m1/s1. The smallest absolute Gasteiger partial charge is 0.307 e. The summed E-state index contributed by atoms with van der Waals surface area (Å²) in [5.74, 6) is -1.71. The first-order valence-corrected chi connectivity index (χ1v) is 6.08. The van der Waals surface area contributed by atoms with Crippen molar-refractivity contribution < 1.29 is 14.7 Å². The molecule has 0 saturated heterocycles. The first-order chi connectivity index (χ1) is 9.09. The molecule has 0 aromatic carbocycles. The van der Waals surface area contributed by atoms with E-state index in [2.05, 4.69) is 15.5 Å². The lowest BCUT2D eigenvalue weighted by Crippen LogP contribution is -2.38. The molecular formula is C12H16N4O3. The number of carboxylic acid groups (broad SMARTS) is 1. The number of amides is 1. The van der Waals surface area contributed by atoms with Crippen LogP contribution < -0.4 is 5.32 Å². The Morgan fingerprint density at radius 3 is 2.68 bits per heavy atom. The summed E-state index contributed by atoms with van der Waals surface area (Å²) in [5.41, 5.74) is 0. The number of aryl methyl sites for hydroxylation is 1. The van der Waals surface area contributed by atoms with Gasteiger partial charge < -0.3 is 15.0 Å². The van der Waals surface area contributed by atoms with Gasteiger partial charge in [-0.1, -0.05) is 12.2 Å². The van der Waals surface area contributed by atoms with Gasteiger partial charge in [0.05, 0.1) is 18.4 Å². The van der Waals surface area contributed by atoms with Gasteiger partial charge in [-0.2, -0.15) is 0 Å². The van der Waals surface area contributed by atoms with Crippen LogP contribution in [0, 0.1) is 11.8 Å².